The minimum atomic E-state index is -0.406. The highest BCUT2D eigenvalue weighted by molar-refractivity contribution is 5.89. The topological polar surface area (TPSA) is 35.6 Å². The third-order valence-electron chi connectivity index (χ3n) is 3.45. The Labute approximate surface area is 113 Å². The number of amides is 2. The molecule has 0 aliphatic carbocycles. The summed E-state index contributed by atoms with van der Waals surface area (Å²) in [5, 5.41) is 2.62. The van der Waals surface area contributed by atoms with Gasteiger partial charge in [-0.05, 0) is 26.0 Å². The summed E-state index contributed by atoms with van der Waals surface area (Å²) in [5.74, 6) is -0.406. The van der Waals surface area contributed by atoms with Gasteiger partial charge in [-0.2, -0.15) is 0 Å². The van der Waals surface area contributed by atoms with Crippen LogP contribution in [0.5, 0.6) is 0 Å². The Kier molecular flexibility index (Phi) is 4.37. The molecule has 4 nitrogen and oxygen atoms in total. The number of rotatable bonds is 2. The van der Waals surface area contributed by atoms with Gasteiger partial charge in [-0.3, -0.25) is 4.90 Å². The molecular formula is C14H20FN3O. The molecule has 1 aliphatic rings. The molecule has 0 saturated carbocycles. The summed E-state index contributed by atoms with van der Waals surface area (Å²) < 4.78 is 13.4. The fraction of sp³-hybridized carbons (Fsp3) is 0.500. The van der Waals surface area contributed by atoms with Crippen LogP contribution in [0.2, 0.25) is 0 Å². The predicted molar refractivity (Wildman–Crippen MR) is 73.7 cm³/mol. The Morgan fingerprint density at radius 1 is 1.21 bits per heavy atom. The van der Waals surface area contributed by atoms with Crippen molar-refractivity contribution >= 4 is 11.7 Å². The average molecular weight is 265 g/mol. The standard InChI is InChI=1S/C14H20FN3O/c1-11(2)17-7-9-18(10-8-17)14(19)16-13-6-4-3-5-12(13)15/h3-6,11H,7-10H2,1-2H3,(H,16,19). The highest BCUT2D eigenvalue weighted by Gasteiger charge is 2.22. The number of benzene rings is 1. The van der Waals surface area contributed by atoms with E-state index in [-0.39, 0.29) is 11.7 Å². The molecule has 1 aromatic rings. The van der Waals surface area contributed by atoms with Gasteiger partial charge in [0.1, 0.15) is 5.82 Å². The first kappa shape index (κ1) is 13.8. The Morgan fingerprint density at radius 3 is 2.42 bits per heavy atom. The van der Waals surface area contributed by atoms with Crippen molar-refractivity contribution in [2.24, 2.45) is 0 Å². The van der Waals surface area contributed by atoms with Crippen molar-refractivity contribution in [3.8, 4) is 0 Å². The van der Waals surface area contributed by atoms with E-state index in [0.29, 0.717) is 19.1 Å². The van der Waals surface area contributed by atoms with Crippen molar-refractivity contribution in [1.82, 2.24) is 9.80 Å². The van der Waals surface area contributed by atoms with Crippen molar-refractivity contribution in [1.29, 1.82) is 0 Å². The monoisotopic (exact) mass is 265 g/mol. The van der Waals surface area contributed by atoms with Gasteiger partial charge in [-0.1, -0.05) is 12.1 Å². The molecule has 1 aliphatic heterocycles. The van der Waals surface area contributed by atoms with Gasteiger partial charge < -0.3 is 10.2 Å². The second-order valence-corrected chi connectivity index (χ2v) is 5.03. The van der Waals surface area contributed by atoms with Gasteiger partial charge in [0.25, 0.3) is 0 Å². The Morgan fingerprint density at radius 2 is 1.84 bits per heavy atom. The molecule has 0 bridgehead atoms. The molecule has 5 heteroatoms. The first-order chi connectivity index (χ1) is 9.08. The van der Waals surface area contributed by atoms with Gasteiger partial charge in [0.15, 0.2) is 0 Å². The van der Waals surface area contributed by atoms with E-state index in [1.54, 1.807) is 23.1 Å². The summed E-state index contributed by atoms with van der Waals surface area (Å²) in [5.41, 5.74) is 0.235. The molecule has 2 amide bonds. The van der Waals surface area contributed by atoms with Crippen molar-refractivity contribution < 1.29 is 9.18 Å². The van der Waals surface area contributed by atoms with Crippen LogP contribution in [-0.2, 0) is 0 Å². The van der Waals surface area contributed by atoms with Gasteiger partial charge in [-0.15, -0.1) is 0 Å². The minimum absolute atomic E-state index is 0.228. The van der Waals surface area contributed by atoms with Crippen molar-refractivity contribution in [2.45, 2.75) is 19.9 Å². The van der Waals surface area contributed by atoms with Crippen LogP contribution in [-0.4, -0.2) is 48.1 Å². The largest absolute Gasteiger partial charge is 0.322 e. The zero-order chi connectivity index (χ0) is 13.8. The molecule has 1 aromatic carbocycles. The Bertz CT molecular complexity index is 442. The third kappa shape index (κ3) is 3.44. The fourth-order valence-corrected chi connectivity index (χ4v) is 2.20. The van der Waals surface area contributed by atoms with E-state index < -0.39 is 5.82 Å². The van der Waals surface area contributed by atoms with Crippen molar-refractivity contribution in [3.63, 3.8) is 0 Å². The van der Waals surface area contributed by atoms with E-state index in [0.717, 1.165) is 13.1 Å². The summed E-state index contributed by atoms with van der Waals surface area (Å²) in [4.78, 5) is 16.1. The zero-order valence-corrected chi connectivity index (χ0v) is 11.4. The number of carbonyl (C=O) groups is 1. The van der Waals surface area contributed by atoms with E-state index in [9.17, 15) is 9.18 Å². The number of hydrogen-bond donors (Lipinski definition) is 1. The quantitative estimate of drug-likeness (QED) is 0.891. The van der Waals surface area contributed by atoms with Crippen LogP contribution in [0.25, 0.3) is 0 Å². The van der Waals surface area contributed by atoms with Gasteiger partial charge in [0.05, 0.1) is 5.69 Å². The second-order valence-electron chi connectivity index (χ2n) is 5.03. The summed E-state index contributed by atoms with van der Waals surface area (Å²) in [6.07, 6.45) is 0. The van der Waals surface area contributed by atoms with Crippen LogP contribution >= 0.6 is 0 Å². The maximum Gasteiger partial charge on any atom is 0.322 e. The van der Waals surface area contributed by atoms with E-state index in [1.807, 2.05) is 0 Å². The molecule has 0 atom stereocenters. The number of halogens is 1. The SMILES string of the molecule is CC(C)N1CCN(C(=O)Nc2ccccc2F)CC1. The number of nitrogens with one attached hydrogen (secondary N) is 1. The van der Waals surface area contributed by atoms with Gasteiger partial charge in [0, 0.05) is 32.2 Å². The highest BCUT2D eigenvalue weighted by Crippen LogP contribution is 2.14. The number of nitrogens with zero attached hydrogens (tertiary/aromatic N) is 2. The Balaban J connectivity index is 1.90. The number of anilines is 1. The normalized spacial score (nSPS) is 16.7. The molecule has 1 heterocycles. The predicted octanol–water partition coefficient (Wildman–Crippen LogP) is 2.38. The van der Waals surface area contributed by atoms with Crippen molar-refractivity contribution in [2.75, 3.05) is 31.5 Å². The summed E-state index contributed by atoms with van der Waals surface area (Å²) >= 11 is 0. The van der Waals surface area contributed by atoms with E-state index in [4.69, 9.17) is 0 Å². The number of carbonyl (C=O) groups excluding carboxylic acids is 1. The van der Waals surface area contributed by atoms with Crippen LogP contribution in [0.3, 0.4) is 0 Å². The summed E-state index contributed by atoms with van der Waals surface area (Å²) in [7, 11) is 0. The summed E-state index contributed by atoms with van der Waals surface area (Å²) in [6.45, 7) is 7.38. The van der Waals surface area contributed by atoms with Crippen LogP contribution in [0.4, 0.5) is 14.9 Å². The number of para-hydroxylation sites is 1. The molecular weight excluding hydrogens is 245 g/mol. The second kappa shape index (κ2) is 6.02. The lowest BCUT2D eigenvalue weighted by atomic mass is 10.2. The maximum atomic E-state index is 13.4. The molecule has 1 fully saturated rings. The van der Waals surface area contributed by atoms with Gasteiger partial charge in [0.2, 0.25) is 0 Å². The van der Waals surface area contributed by atoms with Gasteiger partial charge in [-0.25, -0.2) is 9.18 Å². The molecule has 19 heavy (non-hydrogen) atoms. The number of piperazine rings is 1. The van der Waals surface area contributed by atoms with E-state index >= 15 is 0 Å². The number of urea groups is 1. The molecule has 0 aromatic heterocycles. The maximum absolute atomic E-state index is 13.4. The lowest BCUT2D eigenvalue weighted by Crippen LogP contribution is -2.51. The minimum Gasteiger partial charge on any atom is -0.322 e. The zero-order valence-electron chi connectivity index (χ0n) is 11.4. The third-order valence-corrected chi connectivity index (χ3v) is 3.45. The molecule has 0 radical (unpaired) electrons. The van der Waals surface area contributed by atoms with Crippen LogP contribution in [0.1, 0.15) is 13.8 Å². The van der Waals surface area contributed by atoms with Gasteiger partial charge >= 0.3 is 6.03 Å². The number of hydrogen-bond acceptors (Lipinski definition) is 2. The first-order valence-electron chi connectivity index (χ1n) is 6.62. The molecule has 2 rings (SSSR count). The van der Waals surface area contributed by atoms with E-state index in [1.165, 1.54) is 6.07 Å². The molecule has 1 saturated heterocycles. The lowest BCUT2D eigenvalue weighted by Gasteiger charge is -2.36. The molecule has 104 valence electrons. The average Bonchev–Trinajstić information content (AvgIpc) is 2.41. The molecule has 0 spiro atoms. The first-order valence-corrected chi connectivity index (χ1v) is 6.62. The Hall–Kier alpha value is -1.62. The summed E-state index contributed by atoms with van der Waals surface area (Å²) in [6, 6.07) is 6.48. The van der Waals surface area contributed by atoms with Crippen LogP contribution in [0, 0.1) is 5.82 Å². The molecule has 0 unspecified atom stereocenters. The van der Waals surface area contributed by atoms with Crippen molar-refractivity contribution in [3.05, 3.63) is 30.1 Å². The van der Waals surface area contributed by atoms with Crippen LogP contribution in [0.15, 0.2) is 24.3 Å². The fourth-order valence-electron chi connectivity index (χ4n) is 2.20. The highest BCUT2D eigenvalue weighted by atomic mass is 19.1. The smallest absolute Gasteiger partial charge is 0.322 e. The molecule has 1 N–H and O–H groups in total. The lowest BCUT2D eigenvalue weighted by molar-refractivity contribution is 0.125. The van der Waals surface area contributed by atoms with Crippen LogP contribution < -0.4 is 5.32 Å². The van der Waals surface area contributed by atoms with E-state index in [2.05, 4.69) is 24.1 Å².